The minimum Gasteiger partial charge on any atom is -0.303 e. The Morgan fingerprint density at radius 2 is 1.93 bits per heavy atom. The van der Waals surface area contributed by atoms with Crippen LogP contribution in [0.3, 0.4) is 0 Å². The highest BCUT2D eigenvalue weighted by molar-refractivity contribution is 5.49. The maximum Gasteiger partial charge on any atom is 0.120 e. The minimum absolute atomic E-state index is 0.719. The molecule has 15 heavy (non-hydrogen) atoms. The average Bonchev–Trinajstić information content (AvgIpc) is 2.21. The van der Waals surface area contributed by atoms with Gasteiger partial charge in [-0.25, -0.2) is 0 Å². The van der Waals surface area contributed by atoms with Crippen LogP contribution in [0, 0.1) is 5.92 Å². The van der Waals surface area contributed by atoms with Crippen LogP contribution in [0.5, 0.6) is 0 Å². The number of carbonyl (C=O) groups excluding carboxylic acids is 1. The molecule has 1 heteroatoms. The largest absolute Gasteiger partial charge is 0.303 e. The Morgan fingerprint density at radius 1 is 1.20 bits per heavy atom. The van der Waals surface area contributed by atoms with E-state index in [1.54, 1.807) is 0 Å². The number of allylic oxidation sites excluding steroid dienone is 2. The van der Waals surface area contributed by atoms with Crippen LogP contribution in [-0.4, -0.2) is 6.29 Å². The average molecular weight is 210 g/mol. The normalized spacial score (nSPS) is 12.2. The van der Waals surface area contributed by atoms with Gasteiger partial charge in [0.1, 0.15) is 6.29 Å². The maximum atomic E-state index is 10.4. The van der Waals surface area contributed by atoms with Gasteiger partial charge in [0, 0.05) is 6.42 Å². The quantitative estimate of drug-likeness (QED) is 0.311. The molecule has 0 N–H and O–H groups in total. The summed E-state index contributed by atoms with van der Waals surface area (Å²) in [6, 6.07) is 0. The summed E-state index contributed by atoms with van der Waals surface area (Å²) in [5.74, 6) is 0.719. The van der Waals surface area contributed by atoms with Crippen LogP contribution in [0.1, 0.15) is 65.7 Å². The van der Waals surface area contributed by atoms with Gasteiger partial charge in [-0.05, 0) is 32.6 Å². The molecule has 0 amide bonds. The van der Waals surface area contributed by atoms with Crippen LogP contribution >= 0.6 is 0 Å². The van der Waals surface area contributed by atoms with Gasteiger partial charge in [-0.1, -0.05) is 44.3 Å². The number of rotatable bonds is 9. The lowest BCUT2D eigenvalue weighted by atomic mass is 9.92. The van der Waals surface area contributed by atoms with Crippen LogP contribution in [0.4, 0.5) is 0 Å². The molecule has 0 saturated heterocycles. The highest BCUT2D eigenvalue weighted by Crippen LogP contribution is 2.20. The molecule has 1 atom stereocenters. The molecule has 0 aliphatic carbocycles. The number of hydrogen-bond acceptors (Lipinski definition) is 1. The van der Waals surface area contributed by atoms with Crippen molar-refractivity contribution in [3.05, 3.63) is 11.6 Å². The Morgan fingerprint density at radius 3 is 2.47 bits per heavy atom. The fraction of sp³-hybridized carbons (Fsp3) is 0.786. The van der Waals surface area contributed by atoms with Crippen LogP contribution in [-0.2, 0) is 4.79 Å². The zero-order chi connectivity index (χ0) is 11.5. The maximum absolute atomic E-state index is 10.4. The van der Waals surface area contributed by atoms with E-state index in [9.17, 15) is 4.79 Å². The number of aldehydes is 1. The molecular weight excluding hydrogens is 184 g/mol. The third-order valence-electron chi connectivity index (χ3n) is 2.77. The molecule has 0 saturated carbocycles. The van der Waals surface area contributed by atoms with E-state index in [2.05, 4.69) is 26.8 Å². The van der Waals surface area contributed by atoms with Gasteiger partial charge in [0.05, 0.1) is 0 Å². The van der Waals surface area contributed by atoms with E-state index in [1.807, 2.05) is 0 Å². The van der Waals surface area contributed by atoms with E-state index in [4.69, 9.17) is 0 Å². The van der Waals surface area contributed by atoms with Gasteiger partial charge in [-0.3, -0.25) is 0 Å². The van der Waals surface area contributed by atoms with Gasteiger partial charge >= 0.3 is 0 Å². The first kappa shape index (κ1) is 14.4. The predicted molar refractivity (Wildman–Crippen MR) is 67.0 cm³/mol. The summed E-state index contributed by atoms with van der Waals surface area (Å²) >= 11 is 0. The standard InChI is InChI=1S/C14H26O/c1-4-5-6-8-14(9-7-12-15)11-10-13(2)3/h10,12,14H,4-9,11H2,1-3H3. The lowest BCUT2D eigenvalue weighted by Crippen LogP contribution is -2.00. The summed E-state index contributed by atoms with van der Waals surface area (Å²) in [6.07, 6.45) is 11.5. The lowest BCUT2D eigenvalue weighted by molar-refractivity contribution is -0.108. The van der Waals surface area contributed by atoms with Crippen molar-refractivity contribution in [2.45, 2.75) is 65.7 Å². The molecule has 1 nitrogen and oxygen atoms in total. The van der Waals surface area contributed by atoms with Gasteiger partial charge in [0.15, 0.2) is 0 Å². The van der Waals surface area contributed by atoms with E-state index >= 15 is 0 Å². The first-order valence-corrected chi connectivity index (χ1v) is 6.27. The van der Waals surface area contributed by atoms with Crippen LogP contribution in [0.25, 0.3) is 0 Å². The summed E-state index contributed by atoms with van der Waals surface area (Å²) in [6.45, 7) is 6.52. The van der Waals surface area contributed by atoms with Gasteiger partial charge in [-0.15, -0.1) is 0 Å². The molecule has 1 unspecified atom stereocenters. The highest BCUT2D eigenvalue weighted by Gasteiger charge is 2.06. The molecule has 88 valence electrons. The fourth-order valence-electron chi connectivity index (χ4n) is 1.77. The van der Waals surface area contributed by atoms with E-state index in [1.165, 1.54) is 31.3 Å². The van der Waals surface area contributed by atoms with Crippen molar-refractivity contribution in [3.8, 4) is 0 Å². The summed E-state index contributed by atoms with van der Waals surface area (Å²) in [5, 5.41) is 0. The number of hydrogen-bond donors (Lipinski definition) is 0. The molecule has 0 aromatic carbocycles. The zero-order valence-corrected chi connectivity index (χ0v) is 10.6. The summed E-state index contributed by atoms with van der Waals surface area (Å²) in [4.78, 5) is 10.4. The van der Waals surface area contributed by atoms with Crippen molar-refractivity contribution in [2.75, 3.05) is 0 Å². The second-order valence-electron chi connectivity index (χ2n) is 4.62. The fourth-order valence-corrected chi connectivity index (χ4v) is 1.77. The van der Waals surface area contributed by atoms with Gasteiger partial charge in [-0.2, -0.15) is 0 Å². The Kier molecular flexibility index (Phi) is 9.55. The summed E-state index contributed by atoms with van der Waals surface area (Å²) in [7, 11) is 0. The molecule has 0 aromatic rings. The molecule has 0 heterocycles. The second-order valence-corrected chi connectivity index (χ2v) is 4.62. The molecule has 0 aliphatic heterocycles. The zero-order valence-electron chi connectivity index (χ0n) is 10.6. The van der Waals surface area contributed by atoms with Gasteiger partial charge in [0.25, 0.3) is 0 Å². The summed E-state index contributed by atoms with van der Waals surface area (Å²) in [5.41, 5.74) is 1.39. The third kappa shape index (κ3) is 9.71. The van der Waals surface area contributed by atoms with Crippen molar-refractivity contribution in [3.63, 3.8) is 0 Å². The molecule has 0 bridgehead atoms. The molecule has 0 rings (SSSR count). The minimum atomic E-state index is 0.719. The Balaban J connectivity index is 3.83. The van der Waals surface area contributed by atoms with Crippen LogP contribution in [0.2, 0.25) is 0 Å². The molecule has 0 radical (unpaired) electrons. The molecular formula is C14H26O. The monoisotopic (exact) mass is 210 g/mol. The number of carbonyl (C=O) groups is 1. The van der Waals surface area contributed by atoms with E-state index < -0.39 is 0 Å². The summed E-state index contributed by atoms with van der Waals surface area (Å²) < 4.78 is 0. The van der Waals surface area contributed by atoms with E-state index in [0.717, 1.165) is 31.5 Å². The van der Waals surface area contributed by atoms with Crippen LogP contribution in [0.15, 0.2) is 11.6 Å². The second kappa shape index (κ2) is 9.95. The first-order valence-electron chi connectivity index (χ1n) is 6.27. The third-order valence-corrected chi connectivity index (χ3v) is 2.77. The Bertz CT molecular complexity index is 178. The van der Waals surface area contributed by atoms with Gasteiger partial charge < -0.3 is 4.79 Å². The first-order chi connectivity index (χ1) is 7.20. The topological polar surface area (TPSA) is 17.1 Å². The van der Waals surface area contributed by atoms with Crippen molar-refractivity contribution in [2.24, 2.45) is 5.92 Å². The molecule has 0 spiro atoms. The van der Waals surface area contributed by atoms with Crippen LogP contribution < -0.4 is 0 Å². The Hall–Kier alpha value is -0.590. The van der Waals surface area contributed by atoms with Crippen molar-refractivity contribution in [1.29, 1.82) is 0 Å². The lowest BCUT2D eigenvalue weighted by Gasteiger charge is -2.13. The number of unbranched alkanes of at least 4 members (excludes halogenated alkanes) is 2. The predicted octanol–water partition coefficient (Wildman–Crippen LogP) is 4.52. The molecule has 0 aromatic heterocycles. The van der Waals surface area contributed by atoms with Crippen molar-refractivity contribution >= 4 is 6.29 Å². The van der Waals surface area contributed by atoms with E-state index in [0.29, 0.717) is 0 Å². The molecule has 0 aliphatic rings. The van der Waals surface area contributed by atoms with Crippen molar-refractivity contribution in [1.82, 2.24) is 0 Å². The molecule has 0 fully saturated rings. The van der Waals surface area contributed by atoms with Crippen molar-refractivity contribution < 1.29 is 4.79 Å². The smallest absolute Gasteiger partial charge is 0.120 e. The SMILES string of the molecule is CCCCCC(CC=C(C)C)CCC=O. The van der Waals surface area contributed by atoms with E-state index in [-0.39, 0.29) is 0 Å². The Labute approximate surface area is 95.0 Å². The van der Waals surface area contributed by atoms with Gasteiger partial charge in [0.2, 0.25) is 0 Å². The highest BCUT2D eigenvalue weighted by atomic mass is 16.1.